The summed E-state index contributed by atoms with van der Waals surface area (Å²) in [6.45, 7) is 5.10. The quantitative estimate of drug-likeness (QED) is 0.736. The SMILES string of the molecule is CCC1(CC)NC(=O)N(CC(=O)N2C[C@@H](CN)[C@H](c3ccccc3)C2)C1=O. The smallest absolute Gasteiger partial charge is 0.325 e. The number of urea groups is 1. The van der Waals surface area contributed by atoms with Gasteiger partial charge in [0.05, 0.1) is 0 Å². The van der Waals surface area contributed by atoms with Crippen LogP contribution in [-0.4, -0.2) is 59.4 Å². The molecule has 2 heterocycles. The molecule has 7 nitrogen and oxygen atoms in total. The number of nitrogens with two attached hydrogens (primary N) is 1. The third-order valence-corrected chi connectivity index (χ3v) is 6.07. The van der Waals surface area contributed by atoms with Crippen LogP contribution in [0.3, 0.4) is 0 Å². The molecule has 0 radical (unpaired) electrons. The van der Waals surface area contributed by atoms with Gasteiger partial charge in [0.15, 0.2) is 0 Å². The zero-order chi connectivity index (χ0) is 19.6. The summed E-state index contributed by atoms with van der Waals surface area (Å²) in [5, 5.41) is 2.76. The molecule has 0 spiro atoms. The Balaban J connectivity index is 1.70. The van der Waals surface area contributed by atoms with Gasteiger partial charge in [-0.2, -0.15) is 0 Å². The summed E-state index contributed by atoms with van der Waals surface area (Å²) < 4.78 is 0. The summed E-state index contributed by atoms with van der Waals surface area (Å²) in [4.78, 5) is 40.6. The highest BCUT2D eigenvalue weighted by molar-refractivity contribution is 6.09. The molecule has 0 aromatic heterocycles. The molecule has 0 unspecified atom stereocenters. The van der Waals surface area contributed by atoms with Gasteiger partial charge >= 0.3 is 6.03 Å². The second-order valence-electron chi connectivity index (χ2n) is 7.42. The molecule has 4 amide bonds. The molecule has 2 aliphatic rings. The van der Waals surface area contributed by atoms with Crippen LogP contribution in [0.1, 0.15) is 38.2 Å². The van der Waals surface area contributed by atoms with E-state index in [1.807, 2.05) is 32.0 Å². The number of nitrogens with zero attached hydrogens (tertiary/aromatic N) is 2. The summed E-state index contributed by atoms with van der Waals surface area (Å²) in [6, 6.07) is 9.55. The van der Waals surface area contributed by atoms with Crippen molar-refractivity contribution >= 4 is 17.8 Å². The van der Waals surface area contributed by atoms with Crippen molar-refractivity contribution in [3.8, 4) is 0 Å². The molecular formula is C20H28N4O3. The first-order valence-electron chi connectivity index (χ1n) is 9.62. The fourth-order valence-electron chi connectivity index (χ4n) is 4.18. The molecular weight excluding hydrogens is 344 g/mol. The highest BCUT2D eigenvalue weighted by Crippen LogP contribution is 2.32. The molecule has 2 aliphatic heterocycles. The van der Waals surface area contributed by atoms with Crippen molar-refractivity contribution in [1.29, 1.82) is 0 Å². The first kappa shape index (κ1) is 19.4. The number of hydrogen-bond acceptors (Lipinski definition) is 4. The Morgan fingerprint density at radius 1 is 1.19 bits per heavy atom. The van der Waals surface area contributed by atoms with Crippen LogP contribution in [0.15, 0.2) is 30.3 Å². The van der Waals surface area contributed by atoms with Crippen molar-refractivity contribution < 1.29 is 14.4 Å². The van der Waals surface area contributed by atoms with E-state index in [9.17, 15) is 14.4 Å². The van der Waals surface area contributed by atoms with E-state index in [1.54, 1.807) is 4.90 Å². The molecule has 0 aliphatic carbocycles. The number of imide groups is 1. The van der Waals surface area contributed by atoms with Crippen LogP contribution in [0.2, 0.25) is 0 Å². The van der Waals surface area contributed by atoms with Gasteiger partial charge in [0.25, 0.3) is 5.91 Å². The Labute approximate surface area is 159 Å². The topological polar surface area (TPSA) is 95.7 Å². The van der Waals surface area contributed by atoms with Gasteiger partial charge in [-0.25, -0.2) is 4.79 Å². The molecule has 1 aromatic rings. The maximum absolute atomic E-state index is 12.8. The monoisotopic (exact) mass is 372 g/mol. The average Bonchev–Trinajstić information content (AvgIpc) is 3.23. The number of carbonyl (C=O) groups excluding carboxylic acids is 3. The molecule has 3 rings (SSSR count). The first-order chi connectivity index (χ1) is 13.0. The minimum absolute atomic E-state index is 0.171. The van der Waals surface area contributed by atoms with E-state index in [4.69, 9.17) is 5.73 Å². The largest absolute Gasteiger partial charge is 0.340 e. The molecule has 2 atom stereocenters. The van der Waals surface area contributed by atoms with Gasteiger partial charge in [0, 0.05) is 19.0 Å². The highest BCUT2D eigenvalue weighted by Gasteiger charge is 2.49. The zero-order valence-electron chi connectivity index (χ0n) is 16.0. The number of amides is 4. The molecule has 3 N–H and O–H groups in total. The predicted octanol–water partition coefficient (Wildman–Crippen LogP) is 1.30. The van der Waals surface area contributed by atoms with Crippen LogP contribution in [0, 0.1) is 5.92 Å². The number of rotatable bonds is 6. The van der Waals surface area contributed by atoms with Gasteiger partial charge in [-0.1, -0.05) is 44.2 Å². The van der Waals surface area contributed by atoms with Crippen molar-refractivity contribution in [2.24, 2.45) is 11.7 Å². The molecule has 0 bridgehead atoms. The molecule has 146 valence electrons. The second kappa shape index (κ2) is 7.68. The molecule has 7 heteroatoms. The fourth-order valence-corrected chi connectivity index (χ4v) is 4.18. The van der Waals surface area contributed by atoms with Gasteiger partial charge in [0.2, 0.25) is 5.91 Å². The number of hydrogen-bond donors (Lipinski definition) is 2. The zero-order valence-corrected chi connectivity index (χ0v) is 16.0. The third kappa shape index (κ3) is 3.43. The lowest BCUT2D eigenvalue weighted by Crippen LogP contribution is -2.47. The first-order valence-corrected chi connectivity index (χ1v) is 9.62. The summed E-state index contributed by atoms with van der Waals surface area (Å²) in [5.74, 6) is -0.170. The van der Waals surface area contributed by atoms with Crippen LogP contribution in [0.4, 0.5) is 4.79 Å². The number of benzene rings is 1. The minimum atomic E-state index is -0.880. The van der Waals surface area contributed by atoms with Gasteiger partial charge in [-0.3, -0.25) is 14.5 Å². The lowest BCUT2D eigenvalue weighted by Gasteiger charge is -2.24. The van der Waals surface area contributed by atoms with Crippen molar-refractivity contribution in [3.05, 3.63) is 35.9 Å². The second-order valence-corrected chi connectivity index (χ2v) is 7.42. The summed E-state index contributed by atoms with van der Waals surface area (Å²) >= 11 is 0. The molecule has 1 aromatic carbocycles. The van der Waals surface area contributed by atoms with E-state index < -0.39 is 11.6 Å². The van der Waals surface area contributed by atoms with Crippen LogP contribution >= 0.6 is 0 Å². The maximum atomic E-state index is 12.8. The maximum Gasteiger partial charge on any atom is 0.325 e. The Bertz CT molecular complexity index is 717. The third-order valence-electron chi connectivity index (χ3n) is 6.07. The van der Waals surface area contributed by atoms with E-state index in [1.165, 1.54) is 0 Å². The number of likely N-dealkylation sites (tertiary alicyclic amines) is 1. The highest BCUT2D eigenvalue weighted by atomic mass is 16.2. The summed E-state index contributed by atoms with van der Waals surface area (Å²) in [6.07, 6.45) is 1.02. The number of nitrogens with one attached hydrogen (secondary N) is 1. The van der Waals surface area contributed by atoms with Crippen LogP contribution in [-0.2, 0) is 9.59 Å². The van der Waals surface area contributed by atoms with E-state index in [2.05, 4.69) is 17.4 Å². The van der Waals surface area contributed by atoms with Gasteiger partial charge in [-0.15, -0.1) is 0 Å². The summed E-state index contributed by atoms with van der Waals surface area (Å²) in [7, 11) is 0. The average molecular weight is 372 g/mol. The van der Waals surface area contributed by atoms with Gasteiger partial charge in [-0.05, 0) is 30.9 Å². The van der Waals surface area contributed by atoms with Gasteiger partial charge in [0.1, 0.15) is 12.1 Å². The van der Waals surface area contributed by atoms with Crippen molar-refractivity contribution in [2.75, 3.05) is 26.2 Å². The van der Waals surface area contributed by atoms with E-state index in [0.29, 0.717) is 32.5 Å². The summed E-state index contributed by atoms with van der Waals surface area (Å²) in [5.41, 5.74) is 6.22. The van der Waals surface area contributed by atoms with E-state index >= 15 is 0 Å². The normalized spacial score (nSPS) is 24.4. The molecule has 27 heavy (non-hydrogen) atoms. The van der Waals surface area contributed by atoms with Crippen LogP contribution in [0.5, 0.6) is 0 Å². The molecule has 2 saturated heterocycles. The lowest BCUT2D eigenvalue weighted by molar-refractivity contribution is -0.138. The predicted molar refractivity (Wildman–Crippen MR) is 102 cm³/mol. The number of carbonyl (C=O) groups is 3. The van der Waals surface area contributed by atoms with Crippen LogP contribution < -0.4 is 11.1 Å². The minimum Gasteiger partial charge on any atom is -0.340 e. The van der Waals surface area contributed by atoms with Crippen LogP contribution in [0.25, 0.3) is 0 Å². The Hall–Kier alpha value is -2.41. The Morgan fingerprint density at radius 2 is 1.85 bits per heavy atom. The van der Waals surface area contributed by atoms with E-state index in [0.717, 1.165) is 10.5 Å². The fraction of sp³-hybridized carbons (Fsp3) is 0.550. The van der Waals surface area contributed by atoms with Crippen molar-refractivity contribution in [1.82, 2.24) is 15.1 Å². The van der Waals surface area contributed by atoms with E-state index in [-0.39, 0.29) is 30.2 Å². The Kier molecular flexibility index (Phi) is 5.51. The lowest BCUT2D eigenvalue weighted by atomic mass is 9.89. The Morgan fingerprint density at radius 3 is 2.41 bits per heavy atom. The van der Waals surface area contributed by atoms with Crippen molar-refractivity contribution in [2.45, 2.75) is 38.1 Å². The van der Waals surface area contributed by atoms with Gasteiger partial charge < -0.3 is 16.0 Å². The molecule has 0 saturated carbocycles. The van der Waals surface area contributed by atoms with Crippen molar-refractivity contribution in [3.63, 3.8) is 0 Å². The standard InChI is InChI=1S/C20H28N4O3/c1-3-20(4-2)18(26)24(19(27)22-20)13-17(25)23-11-15(10-21)16(12-23)14-8-6-5-7-9-14/h5-9,15-16H,3-4,10-13,21H2,1-2H3,(H,22,27)/t15-,16+/m1/s1. The molecule has 2 fully saturated rings.